The van der Waals surface area contributed by atoms with Crippen LogP contribution in [0.2, 0.25) is 0 Å². The molecule has 1 fully saturated rings. The quantitative estimate of drug-likeness (QED) is 0.907. The largest absolute Gasteiger partial charge is 0.484 e. The van der Waals surface area contributed by atoms with Crippen LogP contribution in [0, 0.1) is 11.7 Å². The van der Waals surface area contributed by atoms with Crippen LogP contribution in [0.15, 0.2) is 22.7 Å². The first-order valence-electron chi connectivity index (χ1n) is 5.49. The molecule has 0 saturated heterocycles. The summed E-state index contributed by atoms with van der Waals surface area (Å²) in [4.78, 5) is 11.4. The molecule has 1 N–H and O–H groups in total. The van der Waals surface area contributed by atoms with Crippen LogP contribution >= 0.6 is 15.9 Å². The number of hydrogen-bond donors (Lipinski definition) is 1. The lowest BCUT2D eigenvalue weighted by Crippen LogP contribution is -2.30. The van der Waals surface area contributed by atoms with Gasteiger partial charge in [-0.3, -0.25) is 4.79 Å². The van der Waals surface area contributed by atoms with Gasteiger partial charge < -0.3 is 10.1 Å². The van der Waals surface area contributed by atoms with E-state index in [1.807, 2.05) is 0 Å². The number of nitrogens with one attached hydrogen (secondary N) is 1. The first-order chi connectivity index (χ1) is 8.15. The number of amides is 1. The predicted molar refractivity (Wildman–Crippen MR) is 65.3 cm³/mol. The van der Waals surface area contributed by atoms with Gasteiger partial charge in [0, 0.05) is 6.54 Å². The summed E-state index contributed by atoms with van der Waals surface area (Å²) in [6.07, 6.45) is 2.40. The smallest absolute Gasteiger partial charge is 0.257 e. The van der Waals surface area contributed by atoms with Gasteiger partial charge >= 0.3 is 0 Å². The highest BCUT2D eigenvalue weighted by molar-refractivity contribution is 9.10. The number of hydrogen-bond acceptors (Lipinski definition) is 2. The minimum absolute atomic E-state index is 0.0369. The zero-order valence-corrected chi connectivity index (χ0v) is 10.8. The molecule has 2 rings (SSSR count). The van der Waals surface area contributed by atoms with Crippen LogP contribution < -0.4 is 10.1 Å². The summed E-state index contributed by atoms with van der Waals surface area (Å²) in [5, 5.41) is 2.79. The lowest BCUT2D eigenvalue weighted by Gasteiger charge is -2.07. The van der Waals surface area contributed by atoms with Gasteiger partial charge in [-0.1, -0.05) is 0 Å². The maximum Gasteiger partial charge on any atom is 0.257 e. The molecule has 0 radical (unpaired) electrons. The van der Waals surface area contributed by atoms with Crippen molar-refractivity contribution in [1.29, 1.82) is 0 Å². The molecule has 0 aliphatic heterocycles. The van der Waals surface area contributed by atoms with Crippen LogP contribution in [0.4, 0.5) is 4.39 Å². The van der Waals surface area contributed by atoms with Crippen molar-refractivity contribution in [2.75, 3.05) is 13.2 Å². The van der Waals surface area contributed by atoms with E-state index in [-0.39, 0.29) is 18.3 Å². The lowest BCUT2D eigenvalue weighted by atomic mass is 10.3. The Morgan fingerprint density at radius 2 is 2.29 bits per heavy atom. The number of halogens is 2. The molecule has 1 aliphatic rings. The van der Waals surface area contributed by atoms with Gasteiger partial charge in [0.2, 0.25) is 0 Å². The average molecular weight is 302 g/mol. The molecule has 1 amide bonds. The second-order valence-corrected chi connectivity index (χ2v) is 4.97. The Bertz CT molecular complexity index is 421. The van der Waals surface area contributed by atoms with Gasteiger partial charge in [-0.25, -0.2) is 4.39 Å². The van der Waals surface area contributed by atoms with Crippen LogP contribution in [0.25, 0.3) is 0 Å². The summed E-state index contributed by atoms with van der Waals surface area (Å²) < 4.78 is 18.5. The maximum atomic E-state index is 12.9. The molecule has 5 heteroatoms. The van der Waals surface area contributed by atoms with E-state index in [0.29, 0.717) is 16.1 Å². The first kappa shape index (κ1) is 12.4. The van der Waals surface area contributed by atoms with E-state index < -0.39 is 0 Å². The molecular formula is C12H13BrFNO2. The molecule has 0 bridgehead atoms. The normalized spacial score (nSPS) is 14.5. The summed E-state index contributed by atoms with van der Waals surface area (Å²) >= 11 is 3.06. The Hall–Kier alpha value is -1.10. The number of ether oxygens (including phenoxy) is 1. The van der Waals surface area contributed by atoms with E-state index in [9.17, 15) is 9.18 Å². The molecule has 0 unspecified atom stereocenters. The van der Waals surface area contributed by atoms with Crippen LogP contribution in [-0.2, 0) is 4.79 Å². The predicted octanol–water partition coefficient (Wildman–Crippen LogP) is 2.49. The van der Waals surface area contributed by atoms with Crippen molar-refractivity contribution in [3.05, 3.63) is 28.5 Å². The van der Waals surface area contributed by atoms with Gasteiger partial charge in [-0.05, 0) is 52.9 Å². The molecule has 0 heterocycles. The Morgan fingerprint density at radius 3 is 2.94 bits per heavy atom. The lowest BCUT2D eigenvalue weighted by molar-refractivity contribution is -0.123. The molecule has 1 aromatic carbocycles. The SMILES string of the molecule is O=C(COc1ccc(F)c(Br)c1)NCC1CC1. The molecule has 92 valence electrons. The van der Waals surface area contributed by atoms with E-state index in [1.54, 1.807) is 0 Å². The van der Waals surface area contributed by atoms with Crippen molar-refractivity contribution >= 4 is 21.8 Å². The molecule has 1 saturated carbocycles. The van der Waals surface area contributed by atoms with E-state index in [2.05, 4.69) is 21.2 Å². The van der Waals surface area contributed by atoms with Gasteiger partial charge in [0.05, 0.1) is 4.47 Å². The summed E-state index contributed by atoms with van der Waals surface area (Å²) in [5.74, 6) is 0.631. The van der Waals surface area contributed by atoms with Crippen molar-refractivity contribution in [3.8, 4) is 5.75 Å². The van der Waals surface area contributed by atoms with Crippen molar-refractivity contribution in [2.24, 2.45) is 5.92 Å². The fourth-order valence-electron chi connectivity index (χ4n) is 1.35. The first-order valence-corrected chi connectivity index (χ1v) is 6.29. The third kappa shape index (κ3) is 4.00. The van der Waals surface area contributed by atoms with E-state index in [1.165, 1.54) is 31.0 Å². The summed E-state index contributed by atoms with van der Waals surface area (Å²) in [5.41, 5.74) is 0. The van der Waals surface area contributed by atoms with Crippen molar-refractivity contribution in [2.45, 2.75) is 12.8 Å². The van der Waals surface area contributed by atoms with Gasteiger partial charge in [0.1, 0.15) is 11.6 Å². The zero-order chi connectivity index (χ0) is 12.3. The minimum atomic E-state index is -0.351. The molecule has 0 spiro atoms. The number of rotatable bonds is 5. The second-order valence-electron chi connectivity index (χ2n) is 4.11. The molecule has 3 nitrogen and oxygen atoms in total. The summed E-state index contributed by atoms with van der Waals surface area (Å²) in [6.45, 7) is 0.695. The average Bonchev–Trinajstić information content (AvgIpc) is 3.12. The molecule has 17 heavy (non-hydrogen) atoms. The molecular weight excluding hydrogens is 289 g/mol. The van der Waals surface area contributed by atoms with Crippen molar-refractivity contribution < 1.29 is 13.9 Å². The van der Waals surface area contributed by atoms with Gasteiger partial charge in [0.25, 0.3) is 5.91 Å². The summed E-state index contributed by atoms with van der Waals surface area (Å²) in [6, 6.07) is 4.29. The molecule has 0 atom stereocenters. The van der Waals surface area contributed by atoms with Gasteiger partial charge in [-0.15, -0.1) is 0 Å². The topological polar surface area (TPSA) is 38.3 Å². The highest BCUT2D eigenvalue weighted by Gasteiger charge is 2.21. The molecule has 1 aliphatic carbocycles. The Labute approximate surface area is 107 Å². The number of carbonyl (C=O) groups is 1. The monoisotopic (exact) mass is 301 g/mol. The second kappa shape index (κ2) is 5.49. The molecule has 0 aromatic heterocycles. The third-order valence-corrected chi connectivity index (χ3v) is 3.15. The highest BCUT2D eigenvalue weighted by atomic mass is 79.9. The fourth-order valence-corrected chi connectivity index (χ4v) is 1.70. The standard InChI is InChI=1S/C12H13BrFNO2/c13-10-5-9(3-4-11(10)14)17-7-12(16)15-6-8-1-2-8/h3-5,8H,1-2,6-7H2,(H,15,16). The zero-order valence-electron chi connectivity index (χ0n) is 9.21. The van der Waals surface area contributed by atoms with Crippen LogP contribution in [0.5, 0.6) is 5.75 Å². The van der Waals surface area contributed by atoms with Crippen molar-refractivity contribution in [1.82, 2.24) is 5.32 Å². The van der Waals surface area contributed by atoms with E-state index >= 15 is 0 Å². The number of carbonyl (C=O) groups excluding carboxylic acids is 1. The van der Waals surface area contributed by atoms with Gasteiger partial charge in [0.15, 0.2) is 6.61 Å². The Kier molecular flexibility index (Phi) is 3.99. The Balaban J connectivity index is 1.75. The van der Waals surface area contributed by atoms with Crippen LogP contribution in [0.3, 0.4) is 0 Å². The van der Waals surface area contributed by atoms with Gasteiger partial charge in [-0.2, -0.15) is 0 Å². The van der Waals surface area contributed by atoms with E-state index in [0.717, 1.165) is 6.54 Å². The minimum Gasteiger partial charge on any atom is -0.484 e. The maximum absolute atomic E-state index is 12.9. The Morgan fingerprint density at radius 1 is 1.53 bits per heavy atom. The third-order valence-electron chi connectivity index (χ3n) is 2.55. The van der Waals surface area contributed by atoms with E-state index in [4.69, 9.17) is 4.74 Å². The fraction of sp³-hybridized carbons (Fsp3) is 0.417. The highest BCUT2D eigenvalue weighted by Crippen LogP contribution is 2.27. The van der Waals surface area contributed by atoms with Crippen LogP contribution in [-0.4, -0.2) is 19.1 Å². The van der Waals surface area contributed by atoms with Crippen molar-refractivity contribution in [3.63, 3.8) is 0 Å². The van der Waals surface area contributed by atoms with Crippen LogP contribution in [0.1, 0.15) is 12.8 Å². The molecule has 1 aromatic rings. The summed E-state index contributed by atoms with van der Waals surface area (Å²) in [7, 11) is 0. The number of benzene rings is 1.